The predicted molar refractivity (Wildman–Crippen MR) is 68.2 cm³/mol. The minimum Gasteiger partial charge on any atom is -0.351 e. The molecule has 0 bridgehead atoms. The number of hydrogen-bond donors (Lipinski definition) is 2. The largest absolute Gasteiger partial charge is 0.351 e. The van der Waals surface area contributed by atoms with Crippen LogP contribution in [0.5, 0.6) is 0 Å². The average Bonchev–Trinajstić information content (AvgIpc) is 2.79. The molecule has 92 valence electrons. The van der Waals surface area contributed by atoms with E-state index in [0.29, 0.717) is 0 Å². The number of carbonyl (C=O) groups excluding carboxylic acids is 1. The molecular weight excluding hydrogens is 230 g/mol. The lowest BCUT2D eigenvalue weighted by Gasteiger charge is -2.39. The number of amides is 1. The molecule has 6 heteroatoms. The molecule has 0 unspecified atom stereocenters. The van der Waals surface area contributed by atoms with Crippen LogP contribution in [0.25, 0.3) is 11.2 Å². The molecule has 0 atom stereocenters. The maximum absolute atomic E-state index is 11.1. The number of hydrogen-bond acceptors (Lipinski definition) is 4. The summed E-state index contributed by atoms with van der Waals surface area (Å²) in [5.74, 6) is 0.707. The van der Waals surface area contributed by atoms with E-state index in [1.165, 1.54) is 6.08 Å². The third-order valence-electron chi connectivity index (χ3n) is 2.99. The van der Waals surface area contributed by atoms with Gasteiger partial charge in [-0.05, 0) is 12.1 Å². The first-order chi connectivity index (χ1) is 8.76. The number of nitrogens with one attached hydrogen (secondary N) is 2. The van der Waals surface area contributed by atoms with Crippen molar-refractivity contribution in [3.8, 4) is 0 Å². The van der Waals surface area contributed by atoms with E-state index in [-0.39, 0.29) is 11.9 Å². The SMILES string of the molecule is C=CC(=O)NC1CN(c2cnc3[nH]ccc3n2)C1. The summed E-state index contributed by atoms with van der Waals surface area (Å²) in [5.41, 5.74) is 1.64. The van der Waals surface area contributed by atoms with Crippen molar-refractivity contribution in [2.75, 3.05) is 18.0 Å². The molecule has 1 aliphatic heterocycles. The molecule has 1 amide bonds. The Balaban J connectivity index is 1.67. The Hall–Kier alpha value is -2.37. The van der Waals surface area contributed by atoms with E-state index in [4.69, 9.17) is 0 Å². The first-order valence-corrected chi connectivity index (χ1v) is 5.74. The molecule has 6 nitrogen and oxygen atoms in total. The van der Waals surface area contributed by atoms with Crippen molar-refractivity contribution >= 4 is 22.9 Å². The van der Waals surface area contributed by atoms with E-state index >= 15 is 0 Å². The number of fused-ring (bicyclic) bond motifs is 1. The van der Waals surface area contributed by atoms with Crippen LogP contribution < -0.4 is 10.2 Å². The molecule has 0 aliphatic carbocycles. The normalized spacial score (nSPS) is 15.4. The van der Waals surface area contributed by atoms with Gasteiger partial charge >= 0.3 is 0 Å². The van der Waals surface area contributed by atoms with E-state index in [1.807, 2.05) is 12.3 Å². The maximum Gasteiger partial charge on any atom is 0.243 e. The van der Waals surface area contributed by atoms with Gasteiger partial charge in [-0.25, -0.2) is 9.97 Å². The minimum atomic E-state index is -0.133. The van der Waals surface area contributed by atoms with Crippen molar-refractivity contribution in [2.45, 2.75) is 6.04 Å². The Morgan fingerprint density at radius 1 is 1.61 bits per heavy atom. The first-order valence-electron chi connectivity index (χ1n) is 5.74. The summed E-state index contributed by atoms with van der Waals surface area (Å²) >= 11 is 0. The number of rotatable bonds is 3. The zero-order valence-electron chi connectivity index (χ0n) is 9.76. The van der Waals surface area contributed by atoms with Gasteiger partial charge in [0.1, 0.15) is 11.3 Å². The number of carbonyl (C=O) groups is 1. The summed E-state index contributed by atoms with van der Waals surface area (Å²) < 4.78 is 0. The summed E-state index contributed by atoms with van der Waals surface area (Å²) in [6.07, 6.45) is 4.84. The molecular formula is C12H13N5O. The number of H-pyrrole nitrogens is 1. The van der Waals surface area contributed by atoms with Crippen LogP contribution in [0.1, 0.15) is 0 Å². The summed E-state index contributed by atoms with van der Waals surface area (Å²) in [6.45, 7) is 4.93. The Bertz CT molecular complexity index is 599. The lowest BCUT2D eigenvalue weighted by Crippen LogP contribution is -2.59. The highest BCUT2D eigenvalue weighted by Crippen LogP contribution is 2.19. The molecule has 2 aromatic rings. The number of anilines is 1. The topological polar surface area (TPSA) is 73.9 Å². The van der Waals surface area contributed by atoms with Gasteiger partial charge in [-0.15, -0.1) is 0 Å². The number of nitrogens with zero attached hydrogens (tertiary/aromatic N) is 3. The molecule has 0 aromatic carbocycles. The first kappa shape index (κ1) is 10.8. The highest BCUT2D eigenvalue weighted by molar-refractivity contribution is 5.87. The standard InChI is InChI=1S/C12H13N5O/c1-2-11(18)15-8-6-17(7-8)10-5-14-12-9(16-10)3-4-13-12/h2-5,8H,1,6-7H2,(H,13,14)(H,15,18). The molecule has 0 radical (unpaired) electrons. The average molecular weight is 243 g/mol. The molecule has 0 saturated carbocycles. The quantitative estimate of drug-likeness (QED) is 0.767. The van der Waals surface area contributed by atoms with E-state index in [1.54, 1.807) is 6.20 Å². The molecule has 3 rings (SSSR count). The van der Waals surface area contributed by atoms with E-state index in [9.17, 15) is 4.79 Å². The van der Waals surface area contributed by atoms with Crippen molar-refractivity contribution in [2.24, 2.45) is 0 Å². The van der Waals surface area contributed by atoms with Gasteiger partial charge in [0.05, 0.1) is 12.2 Å². The van der Waals surface area contributed by atoms with E-state index < -0.39 is 0 Å². The Kier molecular flexibility index (Phi) is 2.47. The van der Waals surface area contributed by atoms with Gasteiger partial charge in [0.25, 0.3) is 0 Å². The lowest BCUT2D eigenvalue weighted by atomic mass is 10.1. The molecule has 0 spiro atoms. The molecule has 3 heterocycles. The fourth-order valence-corrected chi connectivity index (χ4v) is 1.99. The monoisotopic (exact) mass is 243 g/mol. The van der Waals surface area contributed by atoms with Crippen molar-refractivity contribution in [1.29, 1.82) is 0 Å². The zero-order chi connectivity index (χ0) is 12.5. The molecule has 18 heavy (non-hydrogen) atoms. The van der Waals surface area contributed by atoms with Crippen molar-refractivity contribution in [3.05, 3.63) is 31.1 Å². The summed E-state index contributed by atoms with van der Waals surface area (Å²) in [5, 5.41) is 2.84. The molecule has 1 aliphatic rings. The Morgan fingerprint density at radius 2 is 2.44 bits per heavy atom. The molecule has 2 aromatic heterocycles. The third kappa shape index (κ3) is 1.81. The van der Waals surface area contributed by atoms with Crippen LogP contribution in [0.3, 0.4) is 0 Å². The van der Waals surface area contributed by atoms with Crippen molar-refractivity contribution in [1.82, 2.24) is 20.3 Å². The van der Waals surface area contributed by atoms with E-state index in [0.717, 1.165) is 30.1 Å². The summed E-state index contributed by atoms with van der Waals surface area (Å²) in [4.78, 5) is 25.0. The maximum atomic E-state index is 11.1. The fraction of sp³-hybridized carbons (Fsp3) is 0.250. The second kappa shape index (κ2) is 4.14. The second-order valence-corrected chi connectivity index (χ2v) is 4.25. The van der Waals surface area contributed by atoms with Crippen LogP contribution >= 0.6 is 0 Å². The van der Waals surface area contributed by atoms with E-state index in [2.05, 4.69) is 31.7 Å². The van der Waals surface area contributed by atoms with Gasteiger partial charge in [0.15, 0.2) is 5.65 Å². The molecule has 1 saturated heterocycles. The van der Waals surface area contributed by atoms with Gasteiger partial charge in [-0.1, -0.05) is 6.58 Å². The van der Waals surface area contributed by atoms with Crippen LogP contribution in [0.15, 0.2) is 31.1 Å². The lowest BCUT2D eigenvalue weighted by molar-refractivity contribution is -0.117. The molecule has 1 fully saturated rings. The fourth-order valence-electron chi connectivity index (χ4n) is 1.99. The predicted octanol–water partition coefficient (Wildman–Crippen LogP) is 0.449. The highest BCUT2D eigenvalue weighted by Gasteiger charge is 2.28. The van der Waals surface area contributed by atoms with Gasteiger partial charge in [0, 0.05) is 19.3 Å². The summed E-state index contributed by atoms with van der Waals surface area (Å²) in [6, 6.07) is 2.06. The van der Waals surface area contributed by atoms with Crippen molar-refractivity contribution < 1.29 is 4.79 Å². The van der Waals surface area contributed by atoms with Gasteiger partial charge in [0.2, 0.25) is 5.91 Å². The van der Waals surface area contributed by atoms with Gasteiger partial charge < -0.3 is 15.2 Å². The second-order valence-electron chi connectivity index (χ2n) is 4.25. The smallest absolute Gasteiger partial charge is 0.243 e. The molecule has 2 N–H and O–H groups in total. The summed E-state index contributed by atoms with van der Waals surface area (Å²) in [7, 11) is 0. The van der Waals surface area contributed by atoms with Crippen LogP contribution in [-0.2, 0) is 4.79 Å². The Morgan fingerprint density at radius 3 is 3.22 bits per heavy atom. The van der Waals surface area contributed by atoms with Crippen molar-refractivity contribution in [3.63, 3.8) is 0 Å². The zero-order valence-corrected chi connectivity index (χ0v) is 9.76. The van der Waals surface area contributed by atoms with Crippen LogP contribution in [0, 0.1) is 0 Å². The third-order valence-corrected chi connectivity index (χ3v) is 2.99. The van der Waals surface area contributed by atoms with Gasteiger partial charge in [-0.2, -0.15) is 0 Å². The minimum absolute atomic E-state index is 0.133. The highest BCUT2D eigenvalue weighted by atomic mass is 16.1. The number of aromatic amines is 1. The Labute approximate surface area is 104 Å². The van der Waals surface area contributed by atoms with Crippen LogP contribution in [0.4, 0.5) is 5.82 Å². The van der Waals surface area contributed by atoms with Crippen LogP contribution in [-0.4, -0.2) is 40.0 Å². The number of aromatic nitrogens is 3. The van der Waals surface area contributed by atoms with Gasteiger partial charge in [-0.3, -0.25) is 4.79 Å². The van der Waals surface area contributed by atoms with Crippen LogP contribution in [0.2, 0.25) is 0 Å².